The topological polar surface area (TPSA) is 131 Å². The van der Waals surface area contributed by atoms with Crippen LogP contribution in [-0.4, -0.2) is 78.4 Å². The highest BCUT2D eigenvalue weighted by atomic mass is 32.2. The Bertz CT molecular complexity index is 1760. The number of ether oxygens (including phenoxy) is 2. The van der Waals surface area contributed by atoms with Crippen molar-refractivity contribution in [2.24, 2.45) is 11.8 Å². The molecule has 1 aliphatic rings. The van der Waals surface area contributed by atoms with Crippen molar-refractivity contribution in [3.8, 4) is 17.0 Å². The summed E-state index contributed by atoms with van der Waals surface area (Å²) in [5.41, 5.74) is 1.60. The lowest BCUT2D eigenvalue weighted by molar-refractivity contribution is -0.274. The van der Waals surface area contributed by atoms with Gasteiger partial charge in [0.25, 0.3) is 0 Å². The summed E-state index contributed by atoms with van der Waals surface area (Å²) in [5, 5.41) is 9.07. The van der Waals surface area contributed by atoms with Crippen LogP contribution in [-0.2, 0) is 21.3 Å². The van der Waals surface area contributed by atoms with Gasteiger partial charge in [0, 0.05) is 36.1 Å². The molecular weight excluding hydrogens is 632 g/mol. The molecule has 0 amide bonds. The normalized spacial score (nSPS) is 15.1. The predicted molar refractivity (Wildman–Crippen MR) is 160 cm³/mol. The van der Waals surface area contributed by atoms with E-state index in [9.17, 15) is 30.8 Å². The Morgan fingerprint density at radius 3 is 2.52 bits per heavy atom. The lowest BCUT2D eigenvalue weighted by Crippen LogP contribution is -2.40. The first-order valence-electron chi connectivity index (χ1n) is 14.7. The summed E-state index contributed by atoms with van der Waals surface area (Å²) in [4.78, 5) is 17.9. The van der Waals surface area contributed by atoms with Crippen molar-refractivity contribution in [3.63, 3.8) is 0 Å². The Kier molecular flexibility index (Phi) is 9.98. The van der Waals surface area contributed by atoms with Gasteiger partial charge in [0.05, 0.1) is 17.7 Å². The van der Waals surface area contributed by atoms with Crippen molar-refractivity contribution in [2.75, 3.05) is 32.8 Å². The van der Waals surface area contributed by atoms with Gasteiger partial charge in [0.2, 0.25) is 10.0 Å². The van der Waals surface area contributed by atoms with Gasteiger partial charge in [-0.15, -0.1) is 18.3 Å². The molecule has 5 rings (SSSR count). The zero-order chi connectivity index (χ0) is 33.1. The van der Waals surface area contributed by atoms with E-state index in [4.69, 9.17) is 4.74 Å². The van der Waals surface area contributed by atoms with Crippen LogP contribution in [0.2, 0.25) is 0 Å². The molecule has 1 fully saturated rings. The van der Waals surface area contributed by atoms with Crippen LogP contribution in [0.1, 0.15) is 37.2 Å². The standard InChI is InChI=1S/C30H34F4N6O5S/c1-19(2)18-44-29(41)28-27(24-15-21(31)3-8-25(24)36-28)26-17-40(38-37-26)16-20-9-12-39(13-10-20)14-11-35-46(42,43)23-6-4-22(5-7-23)45-30(32,33)34/h3-8,15,17,19-20,35-36H,9-14,16,18H2,1-2H3. The van der Waals surface area contributed by atoms with Gasteiger partial charge >= 0.3 is 12.3 Å². The van der Waals surface area contributed by atoms with Gasteiger partial charge in [0.1, 0.15) is 23.0 Å². The number of alkyl halides is 3. The van der Waals surface area contributed by atoms with Crippen LogP contribution >= 0.6 is 0 Å². The van der Waals surface area contributed by atoms with Crippen molar-refractivity contribution >= 4 is 26.9 Å². The summed E-state index contributed by atoms with van der Waals surface area (Å²) in [6.07, 6.45) is -1.48. The third kappa shape index (κ3) is 8.41. The minimum atomic E-state index is -4.86. The van der Waals surface area contributed by atoms with E-state index in [0.717, 1.165) is 50.2 Å². The molecular formula is C30H34F4N6O5S. The number of carbonyl (C=O) groups is 1. The number of benzene rings is 2. The fraction of sp³-hybridized carbons (Fsp3) is 0.433. The minimum absolute atomic E-state index is 0.132. The quantitative estimate of drug-likeness (QED) is 0.160. The Morgan fingerprint density at radius 1 is 1.13 bits per heavy atom. The second-order valence-electron chi connectivity index (χ2n) is 11.6. The van der Waals surface area contributed by atoms with Crippen LogP contribution in [0.25, 0.3) is 22.2 Å². The Balaban J connectivity index is 1.14. The summed E-state index contributed by atoms with van der Waals surface area (Å²) >= 11 is 0. The number of fused-ring (bicyclic) bond motifs is 1. The van der Waals surface area contributed by atoms with E-state index >= 15 is 0 Å². The molecule has 2 aromatic carbocycles. The van der Waals surface area contributed by atoms with Crippen LogP contribution in [0.5, 0.6) is 5.75 Å². The fourth-order valence-corrected chi connectivity index (χ4v) is 6.32. The third-order valence-electron chi connectivity index (χ3n) is 7.55. The molecule has 0 atom stereocenters. The first-order chi connectivity index (χ1) is 21.8. The molecule has 11 nitrogen and oxygen atoms in total. The largest absolute Gasteiger partial charge is 0.573 e. The molecule has 46 heavy (non-hydrogen) atoms. The molecule has 0 unspecified atom stereocenters. The highest BCUT2D eigenvalue weighted by molar-refractivity contribution is 7.89. The summed E-state index contributed by atoms with van der Waals surface area (Å²) in [6, 6.07) is 8.23. The molecule has 0 bridgehead atoms. The van der Waals surface area contributed by atoms with Gasteiger partial charge in [-0.2, -0.15) is 0 Å². The second-order valence-corrected chi connectivity index (χ2v) is 13.4. The summed E-state index contributed by atoms with van der Waals surface area (Å²) in [6.45, 7) is 6.71. The van der Waals surface area contributed by atoms with Crippen molar-refractivity contribution in [2.45, 2.75) is 44.5 Å². The Morgan fingerprint density at radius 2 is 1.85 bits per heavy atom. The van der Waals surface area contributed by atoms with E-state index in [-0.39, 0.29) is 35.6 Å². The number of likely N-dealkylation sites (tertiary alicyclic amines) is 1. The van der Waals surface area contributed by atoms with Gasteiger partial charge in [-0.25, -0.2) is 22.3 Å². The number of nitrogens with one attached hydrogen (secondary N) is 2. The van der Waals surface area contributed by atoms with Crippen LogP contribution in [0.3, 0.4) is 0 Å². The number of nitrogens with zero attached hydrogens (tertiary/aromatic N) is 4. The molecule has 0 saturated carbocycles. The van der Waals surface area contributed by atoms with Crippen LogP contribution in [0, 0.1) is 17.7 Å². The molecule has 1 aliphatic heterocycles. The predicted octanol–water partition coefficient (Wildman–Crippen LogP) is 4.97. The lowest BCUT2D eigenvalue weighted by atomic mass is 9.97. The van der Waals surface area contributed by atoms with Crippen LogP contribution in [0.4, 0.5) is 17.6 Å². The van der Waals surface area contributed by atoms with E-state index in [1.807, 2.05) is 13.8 Å². The summed E-state index contributed by atoms with van der Waals surface area (Å²) in [5.74, 6) is -1.09. The van der Waals surface area contributed by atoms with E-state index in [1.54, 1.807) is 16.9 Å². The Hall–Kier alpha value is -4.02. The number of sulfonamides is 1. The number of esters is 1. The molecule has 0 aliphatic carbocycles. The number of hydrogen-bond donors (Lipinski definition) is 2. The summed E-state index contributed by atoms with van der Waals surface area (Å²) in [7, 11) is -3.91. The van der Waals surface area contributed by atoms with E-state index in [0.29, 0.717) is 35.2 Å². The van der Waals surface area contributed by atoms with Crippen molar-refractivity contribution in [1.29, 1.82) is 0 Å². The molecule has 2 aromatic heterocycles. The van der Waals surface area contributed by atoms with Gasteiger partial charge in [0.15, 0.2) is 0 Å². The minimum Gasteiger partial charge on any atom is -0.461 e. The number of H-pyrrole nitrogens is 1. The zero-order valence-corrected chi connectivity index (χ0v) is 26.0. The molecule has 16 heteroatoms. The highest BCUT2D eigenvalue weighted by Gasteiger charge is 2.31. The highest BCUT2D eigenvalue weighted by Crippen LogP contribution is 2.33. The third-order valence-corrected chi connectivity index (χ3v) is 9.02. The number of hydrogen-bond acceptors (Lipinski definition) is 8. The number of carbonyl (C=O) groups excluding carboxylic acids is 1. The van der Waals surface area contributed by atoms with E-state index in [2.05, 4.69) is 29.7 Å². The van der Waals surface area contributed by atoms with Crippen molar-refractivity contribution in [3.05, 3.63) is 60.2 Å². The molecule has 0 spiro atoms. The first kappa shape index (κ1) is 33.3. The number of aromatic amines is 1. The molecule has 3 heterocycles. The molecule has 4 aromatic rings. The summed E-state index contributed by atoms with van der Waals surface area (Å²) < 4.78 is 89.8. The second kappa shape index (κ2) is 13.8. The van der Waals surface area contributed by atoms with Crippen molar-refractivity contribution in [1.82, 2.24) is 29.6 Å². The first-order valence-corrected chi connectivity index (χ1v) is 16.2. The monoisotopic (exact) mass is 666 g/mol. The maximum atomic E-state index is 14.2. The number of rotatable bonds is 12. The number of halogens is 4. The van der Waals surface area contributed by atoms with Gasteiger partial charge < -0.3 is 19.4 Å². The average Bonchev–Trinajstić information content (AvgIpc) is 3.60. The number of aromatic nitrogens is 4. The molecule has 1 saturated heterocycles. The van der Waals surface area contributed by atoms with Crippen molar-refractivity contribution < 1.29 is 40.2 Å². The molecule has 248 valence electrons. The lowest BCUT2D eigenvalue weighted by Gasteiger charge is -2.31. The number of piperidine rings is 1. The van der Waals surface area contributed by atoms with Gasteiger partial charge in [-0.05, 0) is 80.2 Å². The molecule has 0 radical (unpaired) electrons. The maximum Gasteiger partial charge on any atom is 0.573 e. The molecule has 2 N–H and O–H groups in total. The maximum absolute atomic E-state index is 14.2. The average molecular weight is 667 g/mol. The van der Waals surface area contributed by atoms with Gasteiger partial charge in [-0.3, -0.25) is 4.68 Å². The van der Waals surface area contributed by atoms with E-state index < -0.39 is 33.9 Å². The Labute approximate surface area is 262 Å². The fourth-order valence-electron chi connectivity index (χ4n) is 5.30. The SMILES string of the molecule is CC(C)COC(=O)c1[nH]c2ccc(F)cc2c1-c1cn(CC2CCN(CCNS(=O)(=O)c3ccc(OC(F)(F)F)cc3)CC2)nn1. The van der Waals surface area contributed by atoms with E-state index in [1.165, 1.54) is 12.1 Å². The van der Waals surface area contributed by atoms with Crippen LogP contribution in [0.15, 0.2) is 53.6 Å². The van der Waals surface area contributed by atoms with Gasteiger partial charge in [-0.1, -0.05) is 19.1 Å². The zero-order valence-electron chi connectivity index (χ0n) is 25.2. The smallest absolute Gasteiger partial charge is 0.461 e. The van der Waals surface area contributed by atoms with Crippen LogP contribution < -0.4 is 9.46 Å².